The van der Waals surface area contributed by atoms with Crippen molar-refractivity contribution in [2.75, 3.05) is 36.5 Å². The number of aromatic nitrogens is 2. The SMILES string of the molecule is CC(=O)c1c(N2CCOCC2)c2ccc(Nc3nccc(-c4ccc(F)cc4)n3)cc2oc1=O. The Morgan fingerprint density at radius 3 is 2.59 bits per heavy atom. The number of benzene rings is 2. The van der Waals surface area contributed by atoms with Crippen molar-refractivity contribution in [1.82, 2.24) is 9.97 Å². The molecule has 34 heavy (non-hydrogen) atoms. The van der Waals surface area contributed by atoms with Gasteiger partial charge >= 0.3 is 5.63 Å². The number of carbonyl (C=O) groups is 1. The number of nitrogens with zero attached hydrogens (tertiary/aromatic N) is 3. The number of hydrogen-bond acceptors (Lipinski definition) is 8. The Kier molecular flexibility index (Phi) is 5.77. The van der Waals surface area contributed by atoms with Crippen LogP contribution in [0.3, 0.4) is 0 Å². The van der Waals surface area contributed by atoms with E-state index in [9.17, 15) is 14.0 Å². The summed E-state index contributed by atoms with van der Waals surface area (Å²) in [6, 6.07) is 13.1. The first-order valence-corrected chi connectivity index (χ1v) is 10.8. The van der Waals surface area contributed by atoms with Crippen LogP contribution in [-0.4, -0.2) is 42.1 Å². The zero-order valence-corrected chi connectivity index (χ0v) is 18.4. The minimum absolute atomic E-state index is 0.0467. The molecule has 0 aliphatic carbocycles. The van der Waals surface area contributed by atoms with Gasteiger partial charge in [0.15, 0.2) is 5.78 Å². The van der Waals surface area contributed by atoms with Crippen LogP contribution in [0, 0.1) is 5.82 Å². The minimum Gasteiger partial charge on any atom is -0.422 e. The van der Waals surface area contributed by atoms with Crippen molar-refractivity contribution in [3.8, 4) is 11.3 Å². The van der Waals surface area contributed by atoms with Gasteiger partial charge in [-0.05, 0) is 49.4 Å². The van der Waals surface area contributed by atoms with E-state index in [1.807, 2.05) is 17.0 Å². The normalized spacial score (nSPS) is 13.8. The minimum atomic E-state index is -0.673. The molecule has 0 radical (unpaired) electrons. The van der Waals surface area contributed by atoms with Crippen molar-refractivity contribution < 1.29 is 18.3 Å². The first-order chi connectivity index (χ1) is 16.5. The molecule has 9 heteroatoms. The van der Waals surface area contributed by atoms with Crippen molar-refractivity contribution >= 4 is 34.1 Å². The number of hydrogen-bond donors (Lipinski definition) is 1. The van der Waals surface area contributed by atoms with Gasteiger partial charge in [-0.3, -0.25) is 4.79 Å². The van der Waals surface area contributed by atoms with Crippen molar-refractivity contribution in [3.63, 3.8) is 0 Å². The second-order valence-electron chi connectivity index (χ2n) is 7.88. The highest BCUT2D eigenvalue weighted by Gasteiger charge is 2.24. The Hall–Kier alpha value is -4.11. The molecule has 0 unspecified atom stereocenters. The first kappa shape index (κ1) is 21.7. The molecule has 0 spiro atoms. The van der Waals surface area contributed by atoms with Gasteiger partial charge in [0.25, 0.3) is 0 Å². The molecule has 172 valence electrons. The maximum atomic E-state index is 13.2. The van der Waals surface area contributed by atoms with Crippen molar-refractivity contribution in [2.45, 2.75) is 6.92 Å². The number of fused-ring (bicyclic) bond motifs is 1. The smallest absolute Gasteiger partial charge is 0.349 e. The predicted octanol–water partition coefficient (Wildman–Crippen LogP) is 4.17. The Morgan fingerprint density at radius 1 is 1.09 bits per heavy atom. The summed E-state index contributed by atoms with van der Waals surface area (Å²) < 4.78 is 24.2. The van der Waals surface area contributed by atoms with Crippen molar-refractivity contribution in [3.05, 3.63) is 76.5 Å². The van der Waals surface area contributed by atoms with Crippen LogP contribution in [0.5, 0.6) is 0 Å². The highest BCUT2D eigenvalue weighted by molar-refractivity contribution is 6.07. The number of rotatable bonds is 5. The highest BCUT2D eigenvalue weighted by atomic mass is 19.1. The number of nitrogens with one attached hydrogen (secondary N) is 1. The van der Waals surface area contributed by atoms with Gasteiger partial charge in [0, 0.05) is 42.0 Å². The van der Waals surface area contributed by atoms with E-state index in [-0.39, 0.29) is 17.2 Å². The van der Waals surface area contributed by atoms with Crippen LogP contribution in [0.2, 0.25) is 0 Å². The van der Waals surface area contributed by atoms with E-state index in [2.05, 4.69) is 15.3 Å². The van der Waals surface area contributed by atoms with Crippen molar-refractivity contribution in [1.29, 1.82) is 0 Å². The van der Waals surface area contributed by atoms with Crippen LogP contribution in [-0.2, 0) is 4.74 Å². The molecular weight excluding hydrogens is 439 g/mol. The number of ether oxygens (including phenoxy) is 1. The van der Waals surface area contributed by atoms with Gasteiger partial charge in [-0.15, -0.1) is 0 Å². The number of Topliss-reactive ketones (excluding diaryl/α,β-unsaturated/α-hetero) is 1. The monoisotopic (exact) mass is 460 g/mol. The van der Waals surface area contributed by atoms with Gasteiger partial charge in [0.2, 0.25) is 5.95 Å². The average Bonchev–Trinajstić information content (AvgIpc) is 2.84. The molecule has 1 N–H and O–H groups in total. The highest BCUT2D eigenvalue weighted by Crippen LogP contribution is 2.32. The topological polar surface area (TPSA) is 97.6 Å². The molecule has 2 aromatic heterocycles. The summed E-state index contributed by atoms with van der Waals surface area (Å²) in [5.41, 5.74) is 2.28. The summed E-state index contributed by atoms with van der Waals surface area (Å²) in [5, 5.41) is 3.78. The Balaban J connectivity index is 1.52. The third-order valence-electron chi connectivity index (χ3n) is 5.61. The van der Waals surface area contributed by atoms with E-state index >= 15 is 0 Å². The molecule has 8 nitrogen and oxygen atoms in total. The summed E-state index contributed by atoms with van der Waals surface area (Å²) in [7, 11) is 0. The molecule has 0 bridgehead atoms. The Morgan fingerprint density at radius 2 is 1.85 bits per heavy atom. The number of morpholine rings is 1. The second kappa shape index (κ2) is 9.03. The summed E-state index contributed by atoms with van der Waals surface area (Å²) in [6.45, 7) is 3.54. The molecule has 5 rings (SSSR count). The summed E-state index contributed by atoms with van der Waals surface area (Å²) in [6.07, 6.45) is 1.60. The molecule has 4 aromatic rings. The molecule has 2 aromatic carbocycles. The van der Waals surface area contributed by atoms with Crippen LogP contribution < -0.4 is 15.8 Å². The molecule has 1 aliphatic heterocycles. The van der Waals surface area contributed by atoms with E-state index < -0.39 is 5.63 Å². The van der Waals surface area contributed by atoms with E-state index in [4.69, 9.17) is 9.15 Å². The quantitative estimate of drug-likeness (QED) is 0.350. The van der Waals surface area contributed by atoms with Gasteiger partial charge in [-0.25, -0.2) is 19.2 Å². The third-order valence-corrected chi connectivity index (χ3v) is 5.61. The number of anilines is 3. The van der Waals surface area contributed by atoms with E-state index in [1.165, 1.54) is 19.1 Å². The van der Waals surface area contributed by atoms with Gasteiger partial charge in [0.05, 0.1) is 24.6 Å². The van der Waals surface area contributed by atoms with Crippen LogP contribution in [0.4, 0.5) is 21.7 Å². The third kappa shape index (κ3) is 4.25. The van der Waals surface area contributed by atoms with Gasteiger partial charge in [0.1, 0.15) is 17.0 Å². The molecule has 0 atom stereocenters. The van der Waals surface area contributed by atoms with Gasteiger partial charge in [-0.2, -0.15) is 0 Å². The summed E-state index contributed by atoms with van der Waals surface area (Å²) in [4.78, 5) is 35.7. The molecule has 1 aliphatic rings. The fraction of sp³-hybridized carbons (Fsp3) is 0.200. The first-order valence-electron chi connectivity index (χ1n) is 10.8. The van der Waals surface area contributed by atoms with Gasteiger partial charge < -0.3 is 19.4 Å². The summed E-state index contributed by atoms with van der Waals surface area (Å²) in [5.74, 6) is -0.333. The lowest BCUT2D eigenvalue weighted by Gasteiger charge is -2.30. The number of carbonyl (C=O) groups excluding carboxylic acids is 1. The summed E-state index contributed by atoms with van der Waals surface area (Å²) >= 11 is 0. The molecular formula is C25H21FN4O4. The second-order valence-corrected chi connectivity index (χ2v) is 7.88. The fourth-order valence-corrected chi connectivity index (χ4v) is 4.02. The van der Waals surface area contributed by atoms with Crippen LogP contribution in [0.1, 0.15) is 17.3 Å². The van der Waals surface area contributed by atoms with E-state index in [0.717, 1.165) is 5.56 Å². The largest absolute Gasteiger partial charge is 0.422 e. The molecule has 1 fully saturated rings. The lowest BCUT2D eigenvalue weighted by Crippen LogP contribution is -2.38. The zero-order chi connectivity index (χ0) is 23.7. The fourth-order valence-electron chi connectivity index (χ4n) is 4.02. The van der Waals surface area contributed by atoms with E-state index in [0.29, 0.717) is 60.3 Å². The lowest BCUT2D eigenvalue weighted by molar-refractivity contribution is 0.101. The molecule has 0 amide bonds. The number of halogens is 1. The van der Waals surface area contributed by atoms with Crippen LogP contribution >= 0.6 is 0 Å². The van der Waals surface area contributed by atoms with E-state index in [1.54, 1.807) is 30.5 Å². The van der Waals surface area contributed by atoms with Crippen molar-refractivity contribution in [2.24, 2.45) is 0 Å². The Bertz CT molecular complexity index is 1430. The maximum Gasteiger partial charge on any atom is 0.349 e. The van der Waals surface area contributed by atoms with Gasteiger partial charge in [-0.1, -0.05) is 0 Å². The lowest BCUT2D eigenvalue weighted by atomic mass is 10.1. The molecule has 0 saturated carbocycles. The number of ketones is 1. The standard InChI is InChI=1S/C25H21FN4O4/c1-15(31)22-23(30-10-12-33-13-11-30)19-7-6-18(14-21(19)34-24(22)32)28-25-27-9-8-20(29-25)16-2-4-17(26)5-3-16/h2-9,14H,10-13H2,1H3,(H,27,28,29). The van der Waals surface area contributed by atoms with Crippen LogP contribution in [0.15, 0.2) is 63.9 Å². The predicted molar refractivity (Wildman–Crippen MR) is 126 cm³/mol. The average molecular weight is 460 g/mol. The maximum absolute atomic E-state index is 13.2. The molecule has 3 heterocycles. The zero-order valence-electron chi connectivity index (χ0n) is 18.4. The Labute approximate surface area is 194 Å². The van der Waals surface area contributed by atoms with Crippen LogP contribution in [0.25, 0.3) is 22.2 Å². The molecule has 1 saturated heterocycles.